The number of halogens is 1. The predicted octanol–water partition coefficient (Wildman–Crippen LogP) is -8.94. The van der Waals surface area contributed by atoms with Gasteiger partial charge in [-0.05, 0) is 0 Å². The van der Waals surface area contributed by atoms with Crippen LogP contribution < -0.4 is 36.3 Å². The summed E-state index contributed by atoms with van der Waals surface area (Å²) in [5, 5.41) is 0. The fourth-order valence-electron chi connectivity index (χ4n) is 0. The topological polar surface area (TPSA) is 115 Å². The summed E-state index contributed by atoms with van der Waals surface area (Å²) < 4.78 is 43.2. The van der Waals surface area contributed by atoms with Gasteiger partial charge in [0, 0.05) is 0 Å². The first-order valence-corrected chi connectivity index (χ1v) is 5.18. The standard InChI is InChI=1S/IO5/c2-1(3,4,5)6/q-3. The van der Waals surface area contributed by atoms with Crippen molar-refractivity contribution >= 4 is 0 Å². The summed E-state index contributed by atoms with van der Waals surface area (Å²) in [4.78, 5) is 0. The predicted molar refractivity (Wildman–Crippen MR) is 0 cm³/mol. The molecule has 0 amide bonds. The van der Waals surface area contributed by atoms with Crippen molar-refractivity contribution in [2.75, 3.05) is 0 Å². The van der Waals surface area contributed by atoms with Gasteiger partial charge in [-0.15, -0.1) is 0 Å². The monoisotopic (exact) mass is 207 g/mol. The average Bonchev–Trinajstić information content (AvgIpc) is 0.650. The molecule has 0 aliphatic carbocycles. The zero-order chi connectivity index (χ0) is 5.45. The van der Waals surface area contributed by atoms with Crippen LogP contribution in [0.4, 0.5) is 0 Å². The molecule has 0 N–H and O–H groups in total. The van der Waals surface area contributed by atoms with Crippen molar-refractivity contribution < 1.29 is 36.3 Å². The summed E-state index contributed by atoms with van der Waals surface area (Å²) in [7, 11) is 0. The third-order valence-corrected chi connectivity index (χ3v) is 0. The Morgan fingerprint density at radius 3 is 0.667 bits per heavy atom. The fraction of sp³-hybridized carbons (Fsp3) is 0. The summed E-state index contributed by atoms with van der Waals surface area (Å²) in [6.45, 7) is 0. The fourth-order valence-corrected chi connectivity index (χ4v) is 0. The molecule has 0 radical (unpaired) electrons. The third kappa shape index (κ3) is 201. The van der Waals surface area contributed by atoms with Gasteiger partial charge in [0.1, 0.15) is 0 Å². The summed E-state index contributed by atoms with van der Waals surface area (Å²) in [5.74, 6) is 0. The first-order chi connectivity index (χ1) is 2.24. The van der Waals surface area contributed by atoms with Crippen LogP contribution in [-0.2, 0) is 0 Å². The van der Waals surface area contributed by atoms with E-state index in [0.717, 1.165) is 0 Å². The molecule has 0 unspecified atom stereocenters. The van der Waals surface area contributed by atoms with Crippen LogP contribution in [0.5, 0.6) is 0 Å². The van der Waals surface area contributed by atoms with E-state index < -0.39 is 19.1 Å². The molecule has 0 saturated heterocycles. The molecule has 5 nitrogen and oxygen atoms in total. The van der Waals surface area contributed by atoms with Crippen LogP contribution in [0.25, 0.3) is 0 Å². The van der Waals surface area contributed by atoms with E-state index in [0.29, 0.717) is 0 Å². The van der Waals surface area contributed by atoms with Gasteiger partial charge >= 0.3 is 36.3 Å². The molecule has 0 spiro atoms. The molecule has 0 atom stereocenters. The number of hydrogen-bond donors (Lipinski definition) is 0. The molecular formula is IO5-3. The molecule has 0 aromatic carbocycles. The second-order valence-electron chi connectivity index (χ2n) is 0.630. The summed E-state index contributed by atoms with van der Waals surface area (Å²) in [6, 6.07) is 0. The van der Waals surface area contributed by atoms with E-state index in [9.17, 15) is 0 Å². The Balaban J connectivity index is 3.73. The molecule has 6 heavy (non-hydrogen) atoms. The summed E-state index contributed by atoms with van der Waals surface area (Å²) >= 11 is -7.80. The van der Waals surface area contributed by atoms with E-state index >= 15 is 0 Å². The van der Waals surface area contributed by atoms with Crippen molar-refractivity contribution in [1.29, 1.82) is 0 Å². The Bertz CT molecular complexity index is 37.1. The molecule has 0 saturated carbocycles. The van der Waals surface area contributed by atoms with Gasteiger partial charge in [0.05, 0.1) is 0 Å². The van der Waals surface area contributed by atoms with Crippen LogP contribution in [0, 0.1) is 0 Å². The first kappa shape index (κ1) is 6.53. The molecule has 40 valence electrons. The van der Waals surface area contributed by atoms with Crippen molar-refractivity contribution in [3.05, 3.63) is 0 Å². The molecule has 0 aromatic rings. The van der Waals surface area contributed by atoms with Crippen LogP contribution in [0.1, 0.15) is 0 Å². The quantitative estimate of drug-likeness (QED) is 0.365. The second kappa shape index (κ2) is 1.02. The van der Waals surface area contributed by atoms with Crippen molar-refractivity contribution in [3.63, 3.8) is 0 Å². The normalized spacial score (nSPS) is 19.2. The molecule has 0 heterocycles. The molecule has 0 aromatic heterocycles. The van der Waals surface area contributed by atoms with Crippen molar-refractivity contribution in [3.8, 4) is 0 Å². The Kier molecular flexibility index (Phi) is 1.11. The van der Waals surface area contributed by atoms with Gasteiger partial charge in [-0.25, -0.2) is 0 Å². The van der Waals surface area contributed by atoms with E-state index in [1.54, 1.807) is 0 Å². The Morgan fingerprint density at radius 2 is 0.667 bits per heavy atom. The maximum absolute atomic E-state index is 8.64. The maximum atomic E-state index is 8.64. The van der Waals surface area contributed by atoms with Crippen LogP contribution in [0.2, 0.25) is 0 Å². The zero-order valence-corrected chi connectivity index (χ0v) is 4.58. The van der Waals surface area contributed by atoms with Gasteiger partial charge in [-0.2, -0.15) is 0 Å². The van der Waals surface area contributed by atoms with Gasteiger partial charge in [-0.3, -0.25) is 0 Å². The van der Waals surface area contributed by atoms with Gasteiger partial charge < -0.3 is 0 Å². The average molecular weight is 207 g/mol. The first-order valence-electron chi connectivity index (χ1n) is 0.772. The number of rotatable bonds is 0. The van der Waals surface area contributed by atoms with E-state index in [1.165, 1.54) is 0 Å². The second-order valence-corrected chi connectivity index (χ2v) is 4.23. The molecule has 0 aliphatic rings. The van der Waals surface area contributed by atoms with Crippen LogP contribution in [0.3, 0.4) is 0 Å². The molecular weight excluding hydrogens is 207 g/mol. The van der Waals surface area contributed by atoms with E-state index in [-0.39, 0.29) is 0 Å². The van der Waals surface area contributed by atoms with Crippen LogP contribution in [0.15, 0.2) is 0 Å². The van der Waals surface area contributed by atoms with Crippen LogP contribution in [-0.4, -0.2) is 0 Å². The van der Waals surface area contributed by atoms with Crippen molar-refractivity contribution in [2.24, 2.45) is 0 Å². The number of hydrogen-bond acceptors (Lipinski definition) is 5. The molecule has 0 fully saturated rings. The van der Waals surface area contributed by atoms with E-state index in [1.807, 2.05) is 0 Å². The summed E-state index contributed by atoms with van der Waals surface area (Å²) in [5.41, 5.74) is 0. The zero-order valence-electron chi connectivity index (χ0n) is 2.42. The van der Waals surface area contributed by atoms with Gasteiger partial charge in [0.15, 0.2) is 0 Å². The van der Waals surface area contributed by atoms with Gasteiger partial charge in [0.25, 0.3) is 0 Å². The molecule has 0 rings (SSSR count). The third-order valence-electron chi connectivity index (χ3n) is 0. The van der Waals surface area contributed by atoms with Gasteiger partial charge in [0.2, 0.25) is 0 Å². The minimum atomic E-state index is -7.80. The molecule has 0 bridgehead atoms. The minimum absolute atomic E-state index is 7.80. The van der Waals surface area contributed by atoms with E-state index in [2.05, 4.69) is 0 Å². The van der Waals surface area contributed by atoms with Crippen LogP contribution >= 0.6 is 0 Å². The summed E-state index contributed by atoms with van der Waals surface area (Å²) in [6.07, 6.45) is 0. The molecule has 6 heteroatoms. The molecule has 0 aliphatic heterocycles. The Morgan fingerprint density at radius 1 is 0.667 bits per heavy atom. The van der Waals surface area contributed by atoms with Gasteiger partial charge in [-0.1, -0.05) is 0 Å². The SMILES string of the molecule is [O-][I+2]([O-])([O-])([O-])[O-]. The van der Waals surface area contributed by atoms with E-state index in [4.69, 9.17) is 17.2 Å². The Labute approximate surface area is 36.9 Å². The van der Waals surface area contributed by atoms with Crippen molar-refractivity contribution in [1.82, 2.24) is 0 Å². The Hall–Kier alpha value is 0.530. The van der Waals surface area contributed by atoms with Crippen molar-refractivity contribution in [2.45, 2.75) is 0 Å².